The lowest BCUT2D eigenvalue weighted by Gasteiger charge is -2.14. The molecular weight excluding hydrogens is 306 g/mol. The SMILES string of the molecule is CN(C)CCCNC(=O)C1CC(=O)N(c2n[nH]c3ccccc23)C1. The van der Waals surface area contributed by atoms with Crippen LogP contribution in [0.3, 0.4) is 0 Å². The molecule has 1 aliphatic heterocycles. The van der Waals surface area contributed by atoms with E-state index in [9.17, 15) is 9.59 Å². The number of rotatable bonds is 6. The normalized spacial score (nSPS) is 17.9. The van der Waals surface area contributed by atoms with Crippen molar-refractivity contribution >= 4 is 28.5 Å². The van der Waals surface area contributed by atoms with Crippen molar-refractivity contribution in [1.29, 1.82) is 0 Å². The first-order valence-electron chi connectivity index (χ1n) is 8.22. The largest absolute Gasteiger partial charge is 0.356 e. The van der Waals surface area contributed by atoms with E-state index in [1.807, 2.05) is 38.4 Å². The summed E-state index contributed by atoms with van der Waals surface area (Å²) in [5, 5.41) is 11.0. The molecule has 0 radical (unpaired) electrons. The van der Waals surface area contributed by atoms with E-state index < -0.39 is 0 Å². The molecule has 0 saturated carbocycles. The summed E-state index contributed by atoms with van der Waals surface area (Å²) in [5.41, 5.74) is 0.886. The van der Waals surface area contributed by atoms with Gasteiger partial charge in [-0.2, -0.15) is 5.10 Å². The van der Waals surface area contributed by atoms with Gasteiger partial charge in [0.25, 0.3) is 0 Å². The molecule has 3 rings (SSSR count). The Morgan fingerprint density at radius 2 is 2.21 bits per heavy atom. The van der Waals surface area contributed by atoms with Crippen molar-refractivity contribution in [2.75, 3.05) is 38.6 Å². The van der Waals surface area contributed by atoms with Crippen LogP contribution in [0.25, 0.3) is 10.9 Å². The van der Waals surface area contributed by atoms with Crippen LogP contribution < -0.4 is 10.2 Å². The Bertz CT molecular complexity index is 739. The fourth-order valence-electron chi connectivity index (χ4n) is 2.99. The molecule has 1 unspecified atom stereocenters. The molecule has 1 atom stereocenters. The van der Waals surface area contributed by atoms with E-state index in [0.29, 0.717) is 18.9 Å². The average Bonchev–Trinajstić information content (AvgIpc) is 3.14. The van der Waals surface area contributed by atoms with E-state index in [4.69, 9.17) is 0 Å². The third-order valence-corrected chi connectivity index (χ3v) is 4.28. The second-order valence-corrected chi connectivity index (χ2v) is 6.45. The van der Waals surface area contributed by atoms with Gasteiger partial charge in [0.1, 0.15) is 0 Å². The molecule has 2 aromatic rings. The Morgan fingerprint density at radius 1 is 1.42 bits per heavy atom. The van der Waals surface area contributed by atoms with Crippen molar-refractivity contribution in [3.05, 3.63) is 24.3 Å². The number of hydrogen-bond donors (Lipinski definition) is 2. The molecule has 2 heterocycles. The highest BCUT2D eigenvalue weighted by Crippen LogP contribution is 2.29. The van der Waals surface area contributed by atoms with Crippen LogP contribution in [0, 0.1) is 5.92 Å². The smallest absolute Gasteiger partial charge is 0.229 e. The molecule has 1 aromatic heterocycles. The number of aromatic nitrogens is 2. The summed E-state index contributed by atoms with van der Waals surface area (Å²) in [6.45, 7) is 1.94. The first-order valence-corrected chi connectivity index (χ1v) is 8.22. The number of H-pyrrole nitrogens is 1. The molecule has 0 aliphatic carbocycles. The number of anilines is 1. The molecule has 2 amide bonds. The van der Waals surface area contributed by atoms with E-state index in [-0.39, 0.29) is 24.2 Å². The maximum absolute atomic E-state index is 12.3. The zero-order valence-corrected chi connectivity index (χ0v) is 14.1. The number of nitrogens with one attached hydrogen (secondary N) is 2. The third-order valence-electron chi connectivity index (χ3n) is 4.28. The Labute approximate surface area is 141 Å². The minimum absolute atomic E-state index is 0.0514. The first kappa shape index (κ1) is 16.4. The quantitative estimate of drug-likeness (QED) is 0.774. The minimum atomic E-state index is -0.313. The van der Waals surface area contributed by atoms with Gasteiger partial charge in [-0.25, -0.2) is 0 Å². The minimum Gasteiger partial charge on any atom is -0.356 e. The monoisotopic (exact) mass is 329 g/mol. The van der Waals surface area contributed by atoms with E-state index in [1.165, 1.54) is 0 Å². The van der Waals surface area contributed by atoms with Crippen LogP contribution in [-0.4, -0.2) is 60.6 Å². The lowest BCUT2D eigenvalue weighted by molar-refractivity contribution is -0.126. The molecule has 0 spiro atoms. The van der Waals surface area contributed by atoms with Crippen LogP contribution >= 0.6 is 0 Å². The van der Waals surface area contributed by atoms with Crippen molar-refractivity contribution < 1.29 is 9.59 Å². The van der Waals surface area contributed by atoms with E-state index in [0.717, 1.165) is 23.9 Å². The summed E-state index contributed by atoms with van der Waals surface area (Å²) in [5.74, 6) is 0.191. The van der Waals surface area contributed by atoms with Gasteiger partial charge < -0.3 is 10.2 Å². The fourth-order valence-corrected chi connectivity index (χ4v) is 2.99. The van der Waals surface area contributed by atoms with Crippen LogP contribution in [0.2, 0.25) is 0 Å². The number of amides is 2. The molecule has 0 bridgehead atoms. The summed E-state index contributed by atoms with van der Waals surface area (Å²) >= 11 is 0. The van der Waals surface area contributed by atoms with Crippen LogP contribution in [0.5, 0.6) is 0 Å². The molecule has 24 heavy (non-hydrogen) atoms. The molecule has 1 saturated heterocycles. The predicted octanol–water partition coefficient (Wildman–Crippen LogP) is 0.984. The summed E-state index contributed by atoms with van der Waals surface area (Å²) in [6.07, 6.45) is 1.13. The molecule has 2 N–H and O–H groups in total. The van der Waals surface area contributed by atoms with Gasteiger partial charge in [0, 0.05) is 24.9 Å². The lowest BCUT2D eigenvalue weighted by Crippen LogP contribution is -2.34. The standard InChI is InChI=1S/C17H23N5O2/c1-21(2)9-5-8-18-17(24)12-10-15(23)22(11-12)16-13-6-3-4-7-14(13)19-20-16/h3-4,6-7,12H,5,8-11H2,1-2H3,(H,18,24)(H,19,20). The summed E-state index contributed by atoms with van der Waals surface area (Å²) in [6, 6.07) is 7.67. The van der Waals surface area contributed by atoms with Crippen molar-refractivity contribution in [1.82, 2.24) is 20.4 Å². The van der Waals surface area contributed by atoms with Gasteiger partial charge in [0.2, 0.25) is 11.8 Å². The van der Waals surface area contributed by atoms with Crippen LogP contribution in [0.4, 0.5) is 5.82 Å². The fraction of sp³-hybridized carbons (Fsp3) is 0.471. The van der Waals surface area contributed by atoms with Gasteiger partial charge in [-0.3, -0.25) is 19.6 Å². The molecule has 1 fully saturated rings. The van der Waals surface area contributed by atoms with Crippen molar-refractivity contribution in [3.63, 3.8) is 0 Å². The number of carbonyl (C=O) groups excluding carboxylic acids is 2. The second kappa shape index (κ2) is 7.00. The van der Waals surface area contributed by atoms with Gasteiger partial charge >= 0.3 is 0 Å². The van der Waals surface area contributed by atoms with E-state index in [2.05, 4.69) is 20.4 Å². The maximum Gasteiger partial charge on any atom is 0.229 e. The van der Waals surface area contributed by atoms with Gasteiger partial charge in [-0.1, -0.05) is 12.1 Å². The topological polar surface area (TPSA) is 81.3 Å². The highest BCUT2D eigenvalue weighted by Gasteiger charge is 2.36. The van der Waals surface area contributed by atoms with Crippen molar-refractivity contribution in [2.24, 2.45) is 5.92 Å². The molecule has 1 aromatic carbocycles. The Hall–Kier alpha value is -2.41. The van der Waals surface area contributed by atoms with Crippen LogP contribution in [0.15, 0.2) is 24.3 Å². The van der Waals surface area contributed by atoms with E-state index >= 15 is 0 Å². The van der Waals surface area contributed by atoms with Gasteiger partial charge in [-0.05, 0) is 39.2 Å². The van der Waals surface area contributed by atoms with Gasteiger partial charge in [0.05, 0.1) is 11.4 Å². The Kier molecular flexibility index (Phi) is 4.80. The Balaban J connectivity index is 1.62. The summed E-state index contributed by atoms with van der Waals surface area (Å²) < 4.78 is 0. The zero-order chi connectivity index (χ0) is 17.1. The molecule has 128 valence electrons. The first-order chi connectivity index (χ1) is 11.6. The molecule has 7 nitrogen and oxygen atoms in total. The number of benzene rings is 1. The summed E-state index contributed by atoms with van der Waals surface area (Å²) in [4.78, 5) is 28.3. The molecule has 1 aliphatic rings. The van der Waals surface area contributed by atoms with Crippen molar-refractivity contribution in [2.45, 2.75) is 12.8 Å². The highest BCUT2D eigenvalue weighted by atomic mass is 16.2. The zero-order valence-electron chi connectivity index (χ0n) is 14.1. The maximum atomic E-state index is 12.3. The van der Waals surface area contributed by atoms with Gasteiger partial charge in [-0.15, -0.1) is 0 Å². The number of para-hydroxylation sites is 1. The van der Waals surface area contributed by atoms with Crippen LogP contribution in [0.1, 0.15) is 12.8 Å². The van der Waals surface area contributed by atoms with Crippen molar-refractivity contribution in [3.8, 4) is 0 Å². The number of aromatic amines is 1. The van der Waals surface area contributed by atoms with Crippen LogP contribution in [-0.2, 0) is 9.59 Å². The summed E-state index contributed by atoms with van der Waals surface area (Å²) in [7, 11) is 4.01. The Morgan fingerprint density at radius 3 is 3.00 bits per heavy atom. The average molecular weight is 329 g/mol. The number of nitrogens with zero attached hydrogens (tertiary/aromatic N) is 3. The highest BCUT2D eigenvalue weighted by molar-refractivity contribution is 6.05. The lowest BCUT2D eigenvalue weighted by atomic mass is 10.1. The van der Waals surface area contributed by atoms with Gasteiger partial charge in [0.15, 0.2) is 5.82 Å². The predicted molar refractivity (Wildman–Crippen MR) is 92.7 cm³/mol. The molecule has 7 heteroatoms. The molecular formula is C17H23N5O2. The number of fused-ring (bicyclic) bond motifs is 1. The number of hydrogen-bond acceptors (Lipinski definition) is 4. The number of carbonyl (C=O) groups is 2. The third kappa shape index (κ3) is 3.41. The van der Waals surface area contributed by atoms with E-state index in [1.54, 1.807) is 4.90 Å². The second-order valence-electron chi connectivity index (χ2n) is 6.45.